The van der Waals surface area contributed by atoms with Crippen LogP contribution in [0.25, 0.3) is 0 Å². The average molecular weight is 514 g/mol. The average Bonchev–Trinajstić information content (AvgIpc) is 2.70. The fourth-order valence-corrected chi connectivity index (χ4v) is 5.38. The van der Waals surface area contributed by atoms with E-state index in [9.17, 15) is 4.21 Å². The molecule has 27 heavy (non-hydrogen) atoms. The lowest BCUT2D eigenvalue weighted by molar-refractivity contribution is 0.107. The van der Waals surface area contributed by atoms with Crippen LogP contribution in [0.2, 0.25) is 0 Å². The molecule has 1 heterocycles. The molecule has 4 unspecified atom stereocenters. The van der Waals surface area contributed by atoms with Crippen molar-refractivity contribution in [3.8, 4) is 0 Å². The van der Waals surface area contributed by atoms with Crippen LogP contribution in [0.5, 0.6) is 0 Å². The monoisotopic (exact) mass is 513 g/mol. The summed E-state index contributed by atoms with van der Waals surface area (Å²) in [4.78, 5) is 9.48. The van der Waals surface area contributed by atoms with Crippen LogP contribution < -0.4 is 10.6 Å². The van der Waals surface area contributed by atoms with E-state index in [0.29, 0.717) is 17.3 Å². The minimum Gasteiger partial charge on any atom is -0.355 e. The quantitative estimate of drug-likeness (QED) is 0.309. The first-order valence-corrected chi connectivity index (χ1v) is 11.8. The van der Waals surface area contributed by atoms with Gasteiger partial charge < -0.3 is 15.5 Å². The molecule has 1 aliphatic heterocycles. The van der Waals surface area contributed by atoms with E-state index < -0.39 is 10.8 Å². The highest BCUT2D eigenvalue weighted by atomic mass is 127. The second kappa shape index (κ2) is 13.3. The standard InChI is InChI=1S/C19H39N5OS.HI/c1-5-23-10-12-24(13-11-23)16(3)15-21-19(20-4)22-17-8-7-9-18(14-17)26(25)6-2;/h16-18H,5-15H2,1-4H3,(H2,20,21,22);1H. The molecule has 8 heteroatoms. The Morgan fingerprint density at radius 3 is 2.52 bits per heavy atom. The van der Waals surface area contributed by atoms with E-state index >= 15 is 0 Å². The Morgan fingerprint density at radius 1 is 1.22 bits per heavy atom. The van der Waals surface area contributed by atoms with Crippen molar-refractivity contribution in [3.63, 3.8) is 0 Å². The van der Waals surface area contributed by atoms with Crippen LogP contribution in [-0.2, 0) is 10.8 Å². The van der Waals surface area contributed by atoms with Gasteiger partial charge in [-0.2, -0.15) is 0 Å². The minimum absolute atomic E-state index is 0. The van der Waals surface area contributed by atoms with Crippen molar-refractivity contribution in [2.24, 2.45) is 4.99 Å². The Morgan fingerprint density at radius 2 is 1.93 bits per heavy atom. The first-order chi connectivity index (χ1) is 12.6. The highest BCUT2D eigenvalue weighted by molar-refractivity contribution is 14.0. The number of nitrogens with zero attached hydrogens (tertiary/aromatic N) is 3. The molecule has 0 bridgehead atoms. The number of hydrogen-bond acceptors (Lipinski definition) is 4. The number of aliphatic imine (C=N–C) groups is 1. The Labute approximate surface area is 185 Å². The third kappa shape index (κ3) is 8.14. The van der Waals surface area contributed by atoms with Crippen LogP contribution in [0, 0.1) is 0 Å². The maximum atomic E-state index is 12.1. The molecular weight excluding hydrogens is 473 g/mol. The Hall–Kier alpha value is 0.0700. The van der Waals surface area contributed by atoms with Crippen LogP contribution in [-0.4, -0.2) is 89.4 Å². The zero-order valence-corrected chi connectivity index (χ0v) is 20.7. The predicted octanol–water partition coefficient (Wildman–Crippen LogP) is 1.88. The summed E-state index contributed by atoms with van der Waals surface area (Å²) >= 11 is 0. The molecule has 0 aromatic rings. The summed E-state index contributed by atoms with van der Waals surface area (Å²) in [5.41, 5.74) is 0. The summed E-state index contributed by atoms with van der Waals surface area (Å²) in [6.07, 6.45) is 4.40. The first-order valence-electron chi connectivity index (χ1n) is 10.4. The Balaban J connectivity index is 0.00000364. The third-order valence-corrected chi connectivity index (χ3v) is 7.63. The molecule has 0 aromatic carbocycles. The third-order valence-electron chi connectivity index (χ3n) is 5.89. The summed E-state index contributed by atoms with van der Waals surface area (Å²) in [6.45, 7) is 13.3. The molecule has 1 aliphatic carbocycles. The SMILES string of the molecule is CCN1CCN(C(C)CNC(=NC)NC2CCCC(S(=O)CC)C2)CC1.I. The largest absolute Gasteiger partial charge is 0.355 e. The molecule has 1 saturated heterocycles. The maximum Gasteiger partial charge on any atom is 0.191 e. The van der Waals surface area contributed by atoms with Crippen molar-refractivity contribution in [2.45, 2.75) is 63.8 Å². The van der Waals surface area contributed by atoms with E-state index in [1.807, 2.05) is 14.0 Å². The fourth-order valence-electron chi connectivity index (χ4n) is 4.03. The van der Waals surface area contributed by atoms with Crippen LogP contribution in [0.3, 0.4) is 0 Å². The molecule has 0 amide bonds. The van der Waals surface area contributed by atoms with Gasteiger partial charge in [-0.15, -0.1) is 24.0 Å². The van der Waals surface area contributed by atoms with Crippen molar-refractivity contribution < 1.29 is 4.21 Å². The maximum absolute atomic E-state index is 12.1. The molecule has 0 spiro atoms. The molecule has 6 nitrogen and oxygen atoms in total. The molecule has 0 aromatic heterocycles. The topological polar surface area (TPSA) is 60.0 Å². The van der Waals surface area contributed by atoms with Crippen LogP contribution >= 0.6 is 24.0 Å². The van der Waals surface area contributed by atoms with E-state index in [-0.39, 0.29) is 24.0 Å². The fraction of sp³-hybridized carbons (Fsp3) is 0.947. The summed E-state index contributed by atoms with van der Waals surface area (Å²) in [7, 11) is 1.16. The number of halogens is 1. The van der Waals surface area contributed by atoms with Gasteiger partial charge in [-0.1, -0.05) is 20.3 Å². The molecule has 2 N–H and O–H groups in total. The van der Waals surface area contributed by atoms with Gasteiger partial charge in [0.2, 0.25) is 0 Å². The summed E-state index contributed by atoms with van der Waals surface area (Å²) in [6, 6.07) is 0.887. The molecule has 2 fully saturated rings. The lowest BCUT2D eigenvalue weighted by atomic mass is 9.95. The summed E-state index contributed by atoms with van der Waals surface area (Å²) < 4.78 is 12.1. The Bertz CT molecular complexity index is 471. The molecule has 160 valence electrons. The molecule has 0 radical (unpaired) electrons. The molecule has 2 aliphatic rings. The van der Waals surface area contributed by atoms with Crippen LogP contribution in [0.4, 0.5) is 0 Å². The van der Waals surface area contributed by atoms with Crippen molar-refractivity contribution in [1.29, 1.82) is 0 Å². The minimum atomic E-state index is -0.680. The van der Waals surface area contributed by atoms with Gasteiger partial charge in [-0.25, -0.2) is 0 Å². The molecule has 4 atom stereocenters. The van der Waals surface area contributed by atoms with E-state index in [4.69, 9.17) is 0 Å². The highest BCUT2D eigenvalue weighted by Gasteiger charge is 2.26. The highest BCUT2D eigenvalue weighted by Crippen LogP contribution is 2.22. The summed E-state index contributed by atoms with van der Waals surface area (Å²) in [5, 5.41) is 7.42. The smallest absolute Gasteiger partial charge is 0.191 e. The van der Waals surface area contributed by atoms with Gasteiger partial charge in [0, 0.05) is 73.7 Å². The van der Waals surface area contributed by atoms with Gasteiger partial charge in [-0.3, -0.25) is 14.1 Å². The second-order valence-corrected chi connectivity index (χ2v) is 9.58. The lowest BCUT2D eigenvalue weighted by Gasteiger charge is -2.38. The number of likely N-dealkylation sites (N-methyl/N-ethyl adjacent to an activating group) is 1. The predicted molar refractivity (Wildman–Crippen MR) is 128 cm³/mol. The van der Waals surface area contributed by atoms with E-state index in [2.05, 4.69) is 39.3 Å². The number of piperazine rings is 1. The van der Waals surface area contributed by atoms with E-state index in [0.717, 1.165) is 63.6 Å². The normalized spacial score (nSPS) is 27.5. The van der Waals surface area contributed by atoms with Crippen molar-refractivity contribution >= 4 is 40.7 Å². The lowest BCUT2D eigenvalue weighted by Crippen LogP contribution is -2.54. The van der Waals surface area contributed by atoms with Gasteiger partial charge in [0.05, 0.1) is 0 Å². The van der Waals surface area contributed by atoms with Crippen molar-refractivity contribution in [2.75, 3.05) is 52.1 Å². The number of hydrogen-bond donors (Lipinski definition) is 2. The number of nitrogens with one attached hydrogen (secondary N) is 2. The van der Waals surface area contributed by atoms with Gasteiger partial charge in [0.15, 0.2) is 5.96 Å². The van der Waals surface area contributed by atoms with Crippen LogP contribution in [0.15, 0.2) is 4.99 Å². The van der Waals surface area contributed by atoms with E-state index in [1.165, 1.54) is 13.1 Å². The first kappa shape index (κ1) is 25.1. The number of rotatable bonds is 7. The molecule has 1 saturated carbocycles. The zero-order valence-electron chi connectivity index (χ0n) is 17.6. The van der Waals surface area contributed by atoms with Gasteiger partial charge in [0.1, 0.15) is 0 Å². The van der Waals surface area contributed by atoms with Gasteiger partial charge in [-0.05, 0) is 32.7 Å². The second-order valence-electron chi connectivity index (χ2n) is 7.57. The molecule has 2 rings (SSSR count). The zero-order chi connectivity index (χ0) is 18.9. The van der Waals surface area contributed by atoms with E-state index in [1.54, 1.807) is 0 Å². The van der Waals surface area contributed by atoms with Gasteiger partial charge in [0.25, 0.3) is 0 Å². The van der Waals surface area contributed by atoms with Crippen molar-refractivity contribution in [1.82, 2.24) is 20.4 Å². The van der Waals surface area contributed by atoms with Gasteiger partial charge >= 0.3 is 0 Å². The van der Waals surface area contributed by atoms with Crippen molar-refractivity contribution in [3.05, 3.63) is 0 Å². The molecular formula is C19H40IN5OS. The Kier molecular flexibility index (Phi) is 12.4. The van der Waals surface area contributed by atoms with Crippen LogP contribution in [0.1, 0.15) is 46.5 Å². The number of guanidine groups is 1. The summed E-state index contributed by atoms with van der Waals surface area (Å²) in [5.74, 6) is 1.66.